The number of nitrogens with zero attached hydrogens (tertiary/aromatic N) is 1. The molecule has 9 nitrogen and oxygen atoms in total. The SMILES string of the molecule is CCOc1cc(N/C(=C/C(=O)OC)C(=O)OC)ccc1[N+](=O)[O-]. The fourth-order valence-electron chi connectivity index (χ4n) is 1.60. The molecule has 0 aliphatic heterocycles. The van der Waals surface area contributed by atoms with Gasteiger partial charge in [-0.1, -0.05) is 0 Å². The summed E-state index contributed by atoms with van der Waals surface area (Å²) in [6.07, 6.45) is 0.910. The zero-order valence-electron chi connectivity index (χ0n) is 12.8. The number of carbonyl (C=O) groups excluding carboxylic acids is 2. The third kappa shape index (κ3) is 4.99. The number of anilines is 1. The van der Waals surface area contributed by atoms with Crippen molar-refractivity contribution in [3.8, 4) is 5.75 Å². The summed E-state index contributed by atoms with van der Waals surface area (Å²) in [5.41, 5.74) is -0.0933. The summed E-state index contributed by atoms with van der Waals surface area (Å²) >= 11 is 0. The summed E-state index contributed by atoms with van der Waals surface area (Å²) in [5, 5.41) is 13.6. The number of esters is 2. The van der Waals surface area contributed by atoms with Gasteiger partial charge in [-0.15, -0.1) is 0 Å². The first-order valence-corrected chi connectivity index (χ1v) is 6.49. The molecule has 1 N–H and O–H groups in total. The largest absolute Gasteiger partial charge is 0.487 e. The molecule has 9 heteroatoms. The van der Waals surface area contributed by atoms with Crippen molar-refractivity contribution in [1.82, 2.24) is 0 Å². The van der Waals surface area contributed by atoms with Crippen molar-refractivity contribution in [3.05, 3.63) is 40.1 Å². The van der Waals surface area contributed by atoms with Crippen molar-refractivity contribution in [3.63, 3.8) is 0 Å². The molecule has 0 spiro atoms. The van der Waals surface area contributed by atoms with E-state index in [-0.39, 0.29) is 23.7 Å². The van der Waals surface area contributed by atoms with Crippen molar-refractivity contribution in [2.24, 2.45) is 0 Å². The predicted octanol–water partition coefficient (Wildman–Crippen LogP) is 1.64. The number of methoxy groups -OCH3 is 2. The van der Waals surface area contributed by atoms with E-state index < -0.39 is 16.9 Å². The Hall–Kier alpha value is -3.10. The lowest BCUT2D eigenvalue weighted by atomic mass is 10.2. The molecule has 0 saturated carbocycles. The van der Waals surface area contributed by atoms with Crippen LogP contribution in [0.4, 0.5) is 11.4 Å². The van der Waals surface area contributed by atoms with Crippen LogP contribution in [-0.2, 0) is 19.1 Å². The molecule has 0 heterocycles. The third-order valence-corrected chi connectivity index (χ3v) is 2.60. The Balaban J connectivity index is 3.16. The van der Waals surface area contributed by atoms with Gasteiger partial charge in [0.25, 0.3) is 0 Å². The van der Waals surface area contributed by atoms with E-state index in [1.165, 1.54) is 18.2 Å². The monoisotopic (exact) mass is 324 g/mol. The molecule has 0 aromatic heterocycles. The number of ether oxygens (including phenoxy) is 3. The van der Waals surface area contributed by atoms with E-state index in [4.69, 9.17) is 4.74 Å². The molecule has 0 fully saturated rings. The fraction of sp³-hybridized carbons (Fsp3) is 0.286. The van der Waals surface area contributed by atoms with Crippen LogP contribution in [0.2, 0.25) is 0 Å². The number of carbonyl (C=O) groups is 2. The molecule has 1 aromatic carbocycles. The summed E-state index contributed by atoms with van der Waals surface area (Å²) in [6, 6.07) is 3.94. The van der Waals surface area contributed by atoms with Gasteiger partial charge in [0.05, 0.1) is 31.8 Å². The van der Waals surface area contributed by atoms with Gasteiger partial charge in [-0.3, -0.25) is 10.1 Å². The normalized spacial score (nSPS) is 10.7. The summed E-state index contributed by atoms with van der Waals surface area (Å²) in [4.78, 5) is 33.3. The average molecular weight is 324 g/mol. The maximum Gasteiger partial charge on any atom is 0.354 e. The molecule has 0 aliphatic carbocycles. The van der Waals surface area contributed by atoms with Crippen LogP contribution < -0.4 is 10.1 Å². The smallest absolute Gasteiger partial charge is 0.354 e. The Morgan fingerprint density at radius 1 is 1.30 bits per heavy atom. The standard InChI is InChI=1S/C14H16N2O7/c1-4-23-12-7-9(5-6-11(12)16(19)20)15-10(14(18)22-3)8-13(17)21-2/h5-8,15H,4H2,1-3H3/b10-8+. The zero-order valence-corrected chi connectivity index (χ0v) is 12.8. The highest BCUT2D eigenvalue weighted by Gasteiger charge is 2.18. The van der Waals surface area contributed by atoms with Gasteiger partial charge in [0, 0.05) is 17.8 Å². The van der Waals surface area contributed by atoms with Crippen molar-refractivity contribution in [2.45, 2.75) is 6.92 Å². The molecule has 0 aliphatic rings. The molecule has 0 unspecified atom stereocenters. The minimum absolute atomic E-state index is 0.0322. The number of nitro benzene ring substituents is 1. The van der Waals surface area contributed by atoms with Crippen molar-refractivity contribution >= 4 is 23.3 Å². The summed E-state index contributed by atoms with van der Waals surface area (Å²) in [7, 11) is 2.31. The van der Waals surface area contributed by atoms with Gasteiger partial charge in [0.15, 0.2) is 5.75 Å². The Labute approximate surface area is 132 Å². The number of benzene rings is 1. The molecule has 0 bridgehead atoms. The predicted molar refractivity (Wildman–Crippen MR) is 80.0 cm³/mol. The molecule has 23 heavy (non-hydrogen) atoms. The van der Waals surface area contributed by atoms with E-state index in [0.29, 0.717) is 5.69 Å². The Morgan fingerprint density at radius 3 is 2.52 bits per heavy atom. The van der Waals surface area contributed by atoms with Crippen LogP contribution in [0.1, 0.15) is 6.92 Å². The fourth-order valence-corrected chi connectivity index (χ4v) is 1.60. The molecular formula is C14H16N2O7. The molecule has 1 rings (SSSR count). The molecule has 124 valence electrons. The van der Waals surface area contributed by atoms with Gasteiger partial charge in [-0.25, -0.2) is 9.59 Å². The second kappa shape index (κ2) is 8.37. The first kappa shape index (κ1) is 18.0. The van der Waals surface area contributed by atoms with Crippen LogP contribution in [0.5, 0.6) is 5.75 Å². The third-order valence-electron chi connectivity index (χ3n) is 2.60. The summed E-state index contributed by atoms with van der Waals surface area (Å²) in [5.74, 6) is -1.53. The van der Waals surface area contributed by atoms with E-state index >= 15 is 0 Å². The van der Waals surface area contributed by atoms with Gasteiger partial charge >= 0.3 is 17.6 Å². The van der Waals surface area contributed by atoms with Crippen LogP contribution in [-0.4, -0.2) is 37.7 Å². The van der Waals surface area contributed by atoms with E-state index in [2.05, 4.69) is 14.8 Å². The Bertz CT molecular complexity index is 640. The minimum atomic E-state index is -0.799. The highest BCUT2D eigenvalue weighted by Crippen LogP contribution is 2.30. The first-order chi connectivity index (χ1) is 10.9. The summed E-state index contributed by atoms with van der Waals surface area (Å²) < 4.78 is 14.2. The van der Waals surface area contributed by atoms with Crippen LogP contribution in [0.15, 0.2) is 30.0 Å². The van der Waals surface area contributed by atoms with Gasteiger partial charge < -0.3 is 19.5 Å². The van der Waals surface area contributed by atoms with Crippen LogP contribution in [0.3, 0.4) is 0 Å². The van der Waals surface area contributed by atoms with Gasteiger partial charge in [-0.05, 0) is 13.0 Å². The molecule has 0 saturated heterocycles. The van der Waals surface area contributed by atoms with Gasteiger partial charge in [0.2, 0.25) is 0 Å². The molecular weight excluding hydrogens is 308 g/mol. The average Bonchev–Trinajstić information content (AvgIpc) is 2.53. The van der Waals surface area contributed by atoms with E-state index in [9.17, 15) is 19.7 Å². The zero-order chi connectivity index (χ0) is 17.4. The number of hydrogen-bond donors (Lipinski definition) is 1. The number of nitro groups is 1. The van der Waals surface area contributed by atoms with E-state index in [1.54, 1.807) is 6.92 Å². The van der Waals surface area contributed by atoms with Crippen molar-refractivity contribution in [1.29, 1.82) is 0 Å². The maximum atomic E-state index is 11.7. The molecule has 1 aromatic rings. The second-order valence-corrected chi connectivity index (χ2v) is 4.07. The minimum Gasteiger partial charge on any atom is -0.487 e. The van der Waals surface area contributed by atoms with Crippen LogP contribution >= 0.6 is 0 Å². The Kier molecular flexibility index (Phi) is 6.53. The highest BCUT2D eigenvalue weighted by atomic mass is 16.6. The van der Waals surface area contributed by atoms with E-state index in [1.807, 2.05) is 0 Å². The first-order valence-electron chi connectivity index (χ1n) is 6.49. The molecule has 0 amide bonds. The lowest BCUT2D eigenvalue weighted by molar-refractivity contribution is -0.385. The van der Waals surface area contributed by atoms with E-state index in [0.717, 1.165) is 20.3 Å². The van der Waals surface area contributed by atoms with Crippen molar-refractivity contribution < 1.29 is 28.7 Å². The highest BCUT2D eigenvalue weighted by molar-refractivity contribution is 5.98. The number of hydrogen-bond acceptors (Lipinski definition) is 8. The van der Waals surface area contributed by atoms with Crippen molar-refractivity contribution in [2.75, 3.05) is 26.1 Å². The summed E-state index contributed by atoms with van der Waals surface area (Å²) in [6.45, 7) is 1.91. The molecule has 0 radical (unpaired) electrons. The maximum absolute atomic E-state index is 11.7. The second-order valence-electron chi connectivity index (χ2n) is 4.07. The topological polar surface area (TPSA) is 117 Å². The number of rotatable bonds is 7. The van der Waals surface area contributed by atoms with Gasteiger partial charge in [0.1, 0.15) is 5.70 Å². The number of nitrogens with one attached hydrogen (secondary N) is 1. The van der Waals surface area contributed by atoms with Crippen LogP contribution in [0.25, 0.3) is 0 Å². The quantitative estimate of drug-likeness (QED) is 0.348. The molecule has 0 atom stereocenters. The Morgan fingerprint density at radius 2 is 2.00 bits per heavy atom. The van der Waals surface area contributed by atoms with Gasteiger partial charge in [-0.2, -0.15) is 0 Å². The van der Waals surface area contributed by atoms with Crippen LogP contribution in [0, 0.1) is 10.1 Å². The lowest BCUT2D eigenvalue weighted by Crippen LogP contribution is -2.15. The lowest BCUT2D eigenvalue weighted by Gasteiger charge is -2.11.